The Morgan fingerprint density at radius 3 is 1.29 bits per heavy atom. The van der Waals surface area contributed by atoms with Crippen molar-refractivity contribution in [2.24, 2.45) is 0 Å². The second kappa shape index (κ2) is 14.4. The molecule has 0 bridgehead atoms. The summed E-state index contributed by atoms with van der Waals surface area (Å²) < 4.78 is 35.2. The summed E-state index contributed by atoms with van der Waals surface area (Å²) >= 11 is 0. The molecule has 8 aromatic carbocycles. The van der Waals surface area contributed by atoms with Crippen LogP contribution >= 0.6 is 16.4 Å². The smallest absolute Gasteiger partial charge is 0.453 e. The molecule has 0 unspecified atom stereocenters. The summed E-state index contributed by atoms with van der Waals surface area (Å²) in [6.07, 6.45) is 0. The molecule has 292 valence electrons. The fourth-order valence-electron chi connectivity index (χ4n) is 8.15. The third-order valence-electron chi connectivity index (χ3n) is 11.0. The van der Waals surface area contributed by atoms with E-state index in [-0.39, 0.29) is 10.8 Å². The molecule has 1 aromatic heterocycles. The maximum Gasteiger partial charge on any atom is 0.453 e. The van der Waals surface area contributed by atoms with Gasteiger partial charge in [-0.3, -0.25) is 0 Å². The third kappa shape index (κ3) is 6.64. The van der Waals surface area contributed by atoms with Crippen LogP contribution in [0, 0.1) is 0 Å². The normalized spacial score (nSPS) is 13.0. The van der Waals surface area contributed by atoms with Gasteiger partial charge in [0.05, 0.1) is 10.6 Å². The Kier molecular flexibility index (Phi) is 9.09. The van der Waals surface area contributed by atoms with E-state index in [1.54, 1.807) is 0 Å². The highest BCUT2D eigenvalue weighted by Gasteiger charge is 2.36. The summed E-state index contributed by atoms with van der Waals surface area (Å²) in [6.45, 7) is 13.5. The molecule has 0 saturated carbocycles. The van der Waals surface area contributed by atoms with Gasteiger partial charge in [0, 0.05) is 33.0 Å². The van der Waals surface area contributed by atoms with Crippen molar-refractivity contribution in [3.8, 4) is 34.1 Å². The van der Waals surface area contributed by atoms with Crippen molar-refractivity contribution >= 4 is 70.5 Å². The van der Waals surface area contributed by atoms with Gasteiger partial charge in [-0.05, 0) is 80.9 Å². The molecule has 0 radical (unpaired) electrons. The van der Waals surface area contributed by atoms with Gasteiger partial charge in [0.15, 0.2) is 8.15 Å². The predicted octanol–water partition coefficient (Wildman–Crippen LogP) is 15.2. The summed E-state index contributed by atoms with van der Waals surface area (Å²) in [5.41, 5.74) is 4.83. The number of benzene rings is 8. The van der Waals surface area contributed by atoms with Gasteiger partial charge in [-0.2, -0.15) is 0 Å². The Bertz CT molecular complexity index is 3030. The van der Waals surface area contributed by atoms with Gasteiger partial charge in [-0.1, -0.05) is 151 Å². The minimum absolute atomic E-state index is 0.307. The lowest BCUT2D eigenvalue weighted by Gasteiger charge is -2.33. The lowest BCUT2D eigenvalue weighted by molar-refractivity contribution is 0.479. The minimum atomic E-state index is -2.00. The predicted molar refractivity (Wildman–Crippen MR) is 246 cm³/mol. The van der Waals surface area contributed by atoms with Crippen molar-refractivity contribution in [2.75, 3.05) is 0 Å². The number of rotatable bonds is 5. The fraction of sp³-hybridized carbons (Fsp3) is 0.154. The van der Waals surface area contributed by atoms with Gasteiger partial charge >= 0.3 is 8.24 Å². The number of hydrogen-bond donors (Lipinski definition) is 0. The van der Waals surface area contributed by atoms with Crippen molar-refractivity contribution in [3.63, 3.8) is 0 Å². The van der Waals surface area contributed by atoms with Crippen LogP contribution in [0.2, 0.25) is 0 Å². The quantitative estimate of drug-likeness (QED) is 0.162. The molecule has 0 saturated heterocycles. The van der Waals surface area contributed by atoms with Crippen LogP contribution < -0.4 is 24.4 Å². The van der Waals surface area contributed by atoms with Gasteiger partial charge < -0.3 is 22.2 Å². The van der Waals surface area contributed by atoms with E-state index in [1.807, 2.05) is 60.7 Å². The van der Waals surface area contributed by atoms with Crippen LogP contribution in [0.1, 0.15) is 52.7 Å². The molecule has 59 heavy (non-hydrogen) atoms. The summed E-state index contributed by atoms with van der Waals surface area (Å²) in [5, 5.41) is 8.32. The fourth-order valence-corrected chi connectivity index (χ4v) is 11.1. The molecule has 0 atom stereocenters. The van der Waals surface area contributed by atoms with Gasteiger partial charge in [-0.25, -0.2) is 0 Å². The second-order valence-electron chi connectivity index (χ2n) is 17.1. The number of hydrogen-bond acceptors (Lipinski definition) is 5. The standard InChI is InChI=1S/C52H44O5P2/c1-51(2,3)39-31-33-19-7-9-21-35(33)47(49(39)56-58-45-29-17-15-27-43(45)53-44-28-16-18-30-46(44)58)48-36-22-10-8-20-34(36)32-40(52(4,5)6)50(48)57-59-54-41-25-13-11-23-37(41)38-24-12-14-26-42(38)55-59/h7-32H,1-6H3. The minimum Gasteiger partial charge on any atom is -0.463 e. The molecule has 2 heterocycles. The van der Waals surface area contributed by atoms with E-state index in [2.05, 4.69) is 139 Å². The zero-order valence-electron chi connectivity index (χ0n) is 33.9. The number of ether oxygens (including phenoxy) is 1. The van der Waals surface area contributed by atoms with Gasteiger partial charge in [0.25, 0.3) is 0 Å². The average Bonchev–Trinajstić information content (AvgIpc) is 3.39. The zero-order chi connectivity index (χ0) is 40.5. The Balaban J connectivity index is 1.34. The van der Waals surface area contributed by atoms with Crippen molar-refractivity contribution in [1.29, 1.82) is 0 Å². The molecule has 0 N–H and O–H groups in total. The first kappa shape index (κ1) is 37.3. The molecule has 1 aliphatic heterocycles. The summed E-state index contributed by atoms with van der Waals surface area (Å²) in [6, 6.07) is 54.5. The van der Waals surface area contributed by atoms with Crippen LogP contribution in [0.4, 0.5) is 0 Å². The molecule has 0 amide bonds. The van der Waals surface area contributed by atoms with E-state index >= 15 is 0 Å². The molecule has 0 spiro atoms. The Labute approximate surface area is 346 Å². The van der Waals surface area contributed by atoms with Crippen molar-refractivity contribution in [3.05, 3.63) is 169 Å². The molecular formula is C52H44O5P2. The molecule has 9 aromatic rings. The molecule has 7 heteroatoms. The first-order valence-electron chi connectivity index (χ1n) is 20.0. The first-order chi connectivity index (χ1) is 28.5. The van der Waals surface area contributed by atoms with Crippen LogP contribution in [-0.2, 0) is 10.8 Å². The largest absolute Gasteiger partial charge is 0.463 e. The molecule has 10 rings (SSSR count). The zero-order valence-corrected chi connectivity index (χ0v) is 35.7. The number of fused-ring (bicyclic) bond motifs is 7. The number of para-hydroxylation sites is 4. The van der Waals surface area contributed by atoms with Crippen molar-refractivity contribution in [2.45, 2.75) is 52.4 Å². The Morgan fingerprint density at radius 1 is 0.424 bits per heavy atom. The molecule has 1 aliphatic rings. The topological polar surface area (TPSA) is 54.0 Å². The maximum atomic E-state index is 7.76. The Morgan fingerprint density at radius 2 is 0.814 bits per heavy atom. The molecule has 5 nitrogen and oxygen atoms in total. The van der Waals surface area contributed by atoms with Gasteiger partial charge in [0.1, 0.15) is 34.2 Å². The van der Waals surface area contributed by atoms with E-state index in [0.717, 1.165) is 82.4 Å². The van der Waals surface area contributed by atoms with E-state index in [9.17, 15) is 0 Å². The maximum absolute atomic E-state index is 7.76. The summed E-state index contributed by atoms with van der Waals surface area (Å²) in [4.78, 5) is 0. The highest BCUT2D eigenvalue weighted by Crippen LogP contribution is 2.57. The third-order valence-corrected chi connectivity index (χ3v) is 14.0. The van der Waals surface area contributed by atoms with E-state index in [4.69, 9.17) is 22.2 Å². The summed E-state index contributed by atoms with van der Waals surface area (Å²) in [7, 11) is -3.37. The Hall–Kier alpha value is -5.99. The first-order valence-corrected chi connectivity index (χ1v) is 22.4. The van der Waals surface area contributed by atoms with Crippen molar-refractivity contribution in [1.82, 2.24) is 0 Å². The molecule has 0 aliphatic carbocycles. The van der Waals surface area contributed by atoms with Crippen LogP contribution in [-0.4, -0.2) is 0 Å². The monoisotopic (exact) mass is 810 g/mol. The average molecular weight is 811 g/mol. The van der Waals surface area contributed by atoms with Crippen molar-refractivity contribution < 1.29 is 22.2 Å². The van der Waals surface area contributed by atoms with Crippen LogP contribution in [0.3, 0.4) is 0 Å². The molecular weight excluding hydrogens is 767 g/mol. The second-order valence-corrected chi connectivity index (χ2v) is 19.8. The van der Waals surface area contributed by atoms with E-state index < -0.39 is 16.4 Å². The van der Waals surface area contributed by atoms with E-state index in [1.165, 1.54) is 0 Å². The van der Waals surface area contributed by atoms with Crippen LogP contribution in [0.25, 0.3) is 54.6 Å². The van der Waals surface area contributed by atoms with Crippen LogP contribution in [0.5, 0.6) is 23.0 Å². The summed E-state index contributed by atoms with van der Waals surface area (Å²) in [5.74, 6) is 3.15. The molecule has 0 fully saturated rings. The lowest BCUT2D eigenvalue weighted by Crippen LogP contribution is -2.25. The highest BCUT2D eigenvalue weighted by atomic mass is 31.1. The van der Waals surface area contributed by atoms with Crippen LogP contribution in [0.15, 0.2) is 166 Å². The van der Waals surface area contributed by atoms with Gasteiger partial charge in [0.2, 0.25) is 0 Å². The lowest BCUT2D eigenvalue weighted by atomic mass is 9.79. The van der Waals surface area contributed by atoms with E-state index in [0.29, 0.717) is 16.9 Å². The SMILES string of the molecule is CC(C)(C)c1cc2ccccc2c(-c2c(Op3oc4ccccc4c4ccccc4o3)c(C(C)(C)C)cc3ccccc23)c1OP1c2ccccc2Oc2ccccc21. The van der Waals surface area contributed by atoms with Gasteiger partial charge in [-0.15, -0.1) is 0 Å². The highest BCUT2D eigenvalue weighted by molar-refractivity contribution is 7.69.